The molecule has 0 radical (unpaired) electrons. The van der Waals surface area contributed by atoms with Crippen molar-refractivity contribution in [2.45, 2.75) is 6.10 Å². The fraction of sp³-hybridized carbons (Fsp3) is 0.400. The summed E-state index contributed by atoms with van der Waals surface area (Å²) in [5, 5.41) is 3.71. The van der Waals surface area contributed by atoms with E-state index < -0.39 is 45.0 Å². The van der Waals surface area contributed by atoms with Crippen molar-refractivity contribution in [3.05, 3.63) is 53.9 Å². The Morgan fingerprint density at radius 3 is 2.95 bits per heavy atom. The van der Waals surface area contributed by atoms with Gasteiger partial charge in [-0.15, -0.1) is 0 Å². The van der Waals surface area contributed by atoms with Crippen molar-refractivity contribution in [3.63, 3.8) is 0 Å². The van der Waals surface area contributed by atoms with Crippen LogP contribution in [0.4, 0.5) is 0 Å². The van der Waals surface area contributed by atoms with Crippen molar-refractivity contribution < 1.29 is 27.5 Å². The largest absolute Gasteiger partial charge is 0.361 e. The van der Waals surface area contributed by atoms with Crippen LogP contribution in [0, 0.1) is 0 Å². The molecule has 1 aromatic carbocycles. The van der Waals surface area contributed by atoms with E-state index in [4.69, 9.17) is 22.6 Å². The molecule has 0 saturated heterocycles. The lowest BCUT2D eigenvalue weighted by molar-refractivity contribution is -0.858. The maximum Gasteiger partial charge on any atom is 0.124 e. The highest BCUT2D eigenvalue weighted by atomic mass is 16.5. The molecule has 0 fully saturated rings. The lowest BCUT2D eigenvalue weighted by Crippen LogP contribution is -3.06. The highest BCUT2D eigenvalue weighted by Gasteiger charge is 2.18. The van der Waals surface area contributed by atoms with Gasteiger partial charge in [0, 0.05) is 17.3 Å². The van der Waals surface area contributed by atoms with Gasteiger partial charge in [0.2, 0.25) is 0 Å². The minimum atomic E-state index is -3.61. The number of ether oxygens (including phenoxy) is 1. The van der Waals surface area contributed by atoms with Gasteiger partial charge in [-0.25, -0.2) is 0 Å². The molecule has 0 bridgehead atoms. The van der Waals surface area contributed by atoms with Crippen molar-refractivity contribution in [3.8, 4) is 0 Å². The van der Waals surface area contributed by atoms with E-state index >= 15 is 0 Å². The maximum absolute atomic E-state index is 8.21. The van der Waals surface area contributed by atoms with Gasteiger partial charge in [-0.1, -0.05) is 30.3 Å². The van der Waals surface area contributed by atoms with Gasteiger partial charge in [0.05, 0.1) is 39.9 Å². The average molecular weight is 273 g/mol. The molecule has 1 aromatic heterocycles. The van der Waals surface area contributed by atoms with Gasteiger partial charge < -0.3 is 9.64 Å². The van der Waals surface area contributed by atoms with Gasteiger partial charge in [0.25, 0.3) is 0 Å². The zero-order chi connectivity index (χ0) is 24.8. The molecule has 2 rings (SSSR count). The van der Waals surface area contributed by atoms with Crippen LogP contribution < -0.4 is 4.90 Å². The molecule has 4 nitrogen and oxygen atoms in total. The molecule has 1 N–H and O–H groups in total. The van der Waals surface area contributed by atoms with Crippen LogP contribution in [0.1, 0.15) is 35.2 Å². The number of quaternary nitrogens is 1. The van der Waals surface area contributed by atoms with E-state index in [1.54, 1.807) is 18.2 Å². The Morgan fingerprint density at radius 2 is 2.21 bits per heavy atom. The monoisotopic (exact) mass is 273 g/mol. The minimum absolute atomic E-state index is 0.166. The molecule has 0 spiro atoms. The normalized spacial score (nSPS) is 26.5. The molecule has 1 atom stereocenters. The van der Waals surface area contributed by atoms with E-state index in [-0.39, 0.29) is 11.3 Å². The molecule has 2 aromatic rings. The van der Waals surface area contributed by atoms with Crippen LogP contribution in [0.15, 0.2) is 42.6 Å². The predicted octanol–water partition coefficient (Wildman–Crippen LogP) is 0.671. The van der Waals surface area contributed by atoms with Crippen molar-refractivity contribution in [1.82, 2.24) is 9.78 Å². The number of nitrogens with zero attached hydrogens (tertiary/aromatic N) is 2. The van der Waals surface area contributed by atoms with Crippen molar-refractivity contribution in [1.29, 1.82) is 0 Å². The predicted molar refractivity (Wildman–Crippen MR) is 75.1 cm³/mol. The molecule has 0 aliphatic heterocycles. The number of hydrogen-bond acceptors (Lipinski definition) is 2. The Labute approximate surface area is 132 Å². The number of hydrogen-bond donors (Lipinski definition) is 1. The number of rotatable bonds is 6. The van der Waals surface area contributed by atoms with E-state index in [2.05, 4.69) is 5.10 Å². The van der Waals surface area contributed by atoms with Crippen LogP contribution in [0.25, 0.3) is 0 Å². The molecule has 0 amide bonds. The van der Waals surface area contributed by atoms with E-state index in [0.29, 0.717) is 4.68 Å². The number of aryl methyl sites for hydroxylation is 1. The van der Waals surface area contributed by atoms with E-state index in [9.17, 15) is 0 Å². The Balaban J connectivity index is 2.62. The Kier molecular flexibility index (Phi) is 1.61. The number of aromatic nitrogens is 2. The standard InChI is InChI=1S/C15H21N3O/c1-17(2)11-12-19-15(13-7-5-4-6-8-13)14-9-10-16-18(14)3/h4-10,15H,11-12H2,1-3H3/p+1/i1D3,2D3,3D3,11D2,12D2. The molecular weight excluding hydrogens is 238 g/mol. The summed E-state index contributed by atoms with van der Waals surface area (Å²) in [4.78, 5) is -1.64. The summed E-state index contributed by atoms with van der Waals surface area (Å²) in [7, 11) is 0. The first-order valence-electron chi connectivity index (χ1n) is 12.0. The second-order valence-electron chi connectivity index (χ2n) is 3.68. The second-order valence-corrected chi connectivity index (χ2v) is 3.68. The molecule has 4 heteroatoms. The molecule has 0 aliphatic carbocycles. The lowest BCUT2D eigenvalue weighted by atomic mass is 10.1. The SMILES string of the molecule is [2H]C([2H])([2H])n1nccc1C(OC([2H])([2H])C([2H])([2H])[NH+](C([2H])([2H])[2H])C([2H])([2H])[2H])c1ccccc1. The third kappa shape index (κ3) is 3.66. The molecule has 19 heavy (non-hydrogen) atoms. The summed E-state index contributed by atoms with van der Waals surface area (Å²) < 4.78 is 106. The first-order chi connectivity index (χ1) is 14.3. The number of benzene rings is 1. The molecule has 1 heterocycles. The summed E-state index contributed by atoms with van der Waals surface area (Å²) in [6.45, 7) is -16.8. The highest BCUT2D eigenvalue weighted by molar-refractivity contribution is 5.25. The van der Waals surface area contributed by atoms with Crippen LogP contribution in [0.3, 0.4) is 0 Å². The van der Waals surface area contributed by atoms with E-state index in [1.807, 2.05) is 0 Å². The van der Waals surface area contributed by atoms with Crippen LogP contribution in [-0.2, 0) is 11.7 Å². The van der Waals surface area contributed by atoms with Gasteiger partial charge in [-0.2, -0.15) is 5.10 Å². The van der Waals surface area contributed by atoms with Crippen LogP contribution >= 0.6 is 0 Å². The van der Waals surface area contributed by atoms with Gasteiger partial charge in [-0.3, -0.25) is 4.68 Å². The maximum atomic E-state index is 8.21. The second kappa shape index (κ2) is 6.50. The van der Waals surface area contributed by atoms with Crippen LogP contribution in [0.2, 0.25) is 0 Å². The Bertz CT molecular complexity index is 888. The number of nitrogens with one attached hydrogen (secondary N) is 1. The summed E-state index contributed by atoms with van der Waals surface area (Å²) in [5.41, 5.74) is 0.0442. The first kappa shape index (κ1) is 4.72. The molecule has 1 unspecified atom stereocenters. The topological polar surface area (TPSA) is 31.5 Å². The zero-order valence-electron chi connectivity index (χ0n) is 22.9. The first-order valence-corrected chi connectivity index (χ1v) is 5.46. The summed E-state index contributed by atoms with van der Waals surface area (Å²) >= 11 is 0. The molecular formula is C15H22N3O+. The summed E-state index contributed by atoms with van der Waals surface area (Å²) in [6.07, 6.45) is -0.424. The quantitative estimate of drug-likeness (QED) is 0.839. The van der Waals surface area contributed by atoms with Gasteiger partial charge in [0.15, 0.2) is 0 Å². The van der Waals surface area contributed by atoms with Crippen molar-refractivity contribution in [2.75, 3.05) is 27.0 Å². The highest BCUT2D eigenvalue weighted by Crippen LogP contribution is 2.24. The van der Waals surface area contributed by atoms with Crippen LogP contribution in [0.5, 0.6) is 0 Å². The van der Waals surface area contributed by atoms with E-state index in [0.717, 1.165) is 6.20 Å². The summed E-state index contributed by atoms with van der Waals surface area (Å²) in [5.74, 6) is 0. The van der Waals surface area contributed by atoms with Gasteiger partial charge in [0.1, 0.15) is 12.6 Å². The van der Waals surface area contributed by atoms with Crippen molar-refractivity contribution in [2.24, 2.45) is 6.98 Å². The van der Waals surface area contributed by atoms with Crippen LogP contribution in [-0.4, -0.2) is 36.8 Å². The molecule has 102 valence electrons. The Hall–Kier alpha value is -1.65. The van der Waals surface area contributed by atoms with Gasteiger partial charge in [-0.05, 0) is 11.6 Å². The smallest absolute Gasteiger partial charge is 0.124 e. The Morgan fingerprint density at radius 1 is 1.37 bits per heavy atom. The fourth-order valence-corrected chi connectivity index (χ4v) is 1.58. The third-order valence-corrected chi connectivity index (χ3v) is 2.40. The minimum Gasteiger partial charge on any atom is -0.361 e. The summed E-state index contributed by atoms with van der Waals surface area (Å²) in [6, 6.07) is 8.89. The zero-order valence-corrected chi connectivity index (χ0v) is 9.92. The van der Waals surface area contributed by atoms with Gasteiger partial charge >= 0.3 is 0 Å². The third-order valence-electron chi connectivity index (χ3n) is 2.40. The molecule has 0 saturated carbocycles. The van der Waals surface area contributed by atoms with E-state index in [1.165, 1.54) is 18.2 Å². The van der Waals surface area contributed by atoms with Crippen molar-refractivity contribution >= 4 is 0 Å². The lowest BCUT2D eigenvalue weighted by Gasteiger charge is -2.19. The number of likely N-dealkylation sites (N-methyl/N-ethyl adjacent to an activating group) is 1. The fourth-order valence-electron chi connectivity index (χ4n) is 1.58. The molecule has 0 aliphatic rings. The average Bonchev–Trinajstić information content (AvgIpc) is 3.07.